The lowest BCUT2D eigenvalue weighted by Crippen LogP contribution is -2.28. The first-order chi connectivity index (χ1) is 13.2. The number of unbranched alkanes of at least 4 members (excludes halogenated alkanes) is 2. The lowest BCUT2D eigenvalue weighted by molar-refractivity contribution is -0.138. The number of carbonyl (C=O) groups excluding carboxylic acids is 1. The largest absolute Gasteiger partial charge is 0.481 e. The number of aliphatic hydroxyl groups is 2. The van der Waals surface area contributed by atoms with Crippen molar-refractivity contribution in [2.75, 3.05) is 0 Å². The van der Waals surface area contributed by atoms with Crippen molar-refractivity contribution in [3.8, 4) is 0 Å². The summed E-state index contributed by atoms with van der Waals surface area (Å²) in [5, 5.41) is 29.8. The van der Waals surface area contributed by atoms with Gasteiger partial charge in [0.05, 0.1) is 18.1 Å². The molecule has 2 aliphatic rings. The zero-order valence-corrected chi connectivity index (χ0v) is 17.6. The Labute approximate surface area is 169 Å². The van der Waals surface area contributed by atoms with Gasteiger partial charge in [0.1, 0.15) is 5.78 Å². The van der Waals surface area contributed by atoms with E-state index in [1.54, 1.807) is 6.08 Å². The van der Waals surface area contributed by atoms with Crippen LogP contribution in [-0.4, -0.2) is 39.3 Å². The fraction of sp³-hybridized carbons (Fsp3) is 0.826. The molecular formula is C23H38O5. The summed E-state index contributed by atoms with van der Waals surface area (Å²) in [6.07, 6.45) is 9.88. The number of carboxylic acids is 1. The molecule has 5 nitrogen and oxygen atoms in total. The lowest BCUT2D eigenvalue weighted by atomic mass is 9.80. The number of ketones is 1. The van der Waals surface area contributed by atoms with Crippen molar-refractivity contribution in [1.29, 1.82) is 0 Å². The molecule has 0 aromatic rings. The minimum atomic E-state index is -0.690. The third-order valence-corrected chi connectivity index (χ3v) is 6.80. The van der Waals surface area contributed by atoms with Gasteiger partial charge in [-0.1, -0.05) is 58.6 Å². The van der Waals surface area contributed by atoms with Crippen molar-refractivity contribution in [1.82, 2.24) is 0 Å². The Morgan fingerprint density at radius 1 is 1.25 bits per heavy atom. The number of aliphatic carboxylic acids is 1. The highest BCUT2D eigenvalue weighted by molar-refractivity contribution is 5.84. The zero-order valence-electron chi connectivity index (χ0n) is 17.6. The molecule has 6 atom stereocenters. The van der Waals surface area contributed by atoms with Gasteiger partial charge in [-0.2, -0.15) is 0 Å². The number of carbonyl (C=O) groups is 2. The van der Waals surface area contributed by atoms with Crippen LogP contribution in [0.1, 0.15) is 78.6 Å². The fourth-order valence-electron chi connectivity index (χ4n) is 4.51. The molecule has 0 aromatic heterocycles. The predicted octanol–water partition coefficient (Wildman–Crippen LogP) is 3.97. The van der Waals surface area contributed by atoms with Gasteiger partial charge in [0.25, 0.3) is 0 Å². The molecule has 0 unspecified atom stereocenters. The highest BCUT2D eigenvalue weighted by Gasteiger charge is 2.43. The quantitative estimate of drug-likeness (QED) is 0.344. The van der Waals surface area contributed by atoms with Gasteiger partial charge in [-0.3, -0.25) is 9.59 Å². The van der Waals surface area contributed by atoms with E-state index >= 15 is 0 Å². The van der Waals surface area contributed by atoms with E-state index in [2.05, 4.69) is 6.92 Å². The van der Waals surface area contributed by atoms with Crippen LogP contribution < -0.4 is 0 Å². The van der Waals surface area contributed by atoms with E-state index in [4.69, 9.17) is 5.11 Å². The van der Waals surface area contributed by atoms with Crippen LogP contribution >= 0.6 is 0 Å². The minimum Gasteiger partial charge on any atom is -0.481 e. The second-order valence-corrected chi connectivity index (χ2v) is 9.57. The van der Waals surface area contributed by atoms with E-state index in [0.29, 0.717) is 5.92 Å². The Bertz CT molecular complexity index is 567. The molecule has 0 aliphatic heterocycles. The molecule has 2 saturated carbocycles. The van der Waals surface area contributed by atoms with Gasteiger partial charge in [0, 0.05) is 18.3 Å². The van der Waals surface area contributed by atoms with Crippen molar-refractivity contribution >= 4 is 11.8 Å². The molecule has 2 aliphatic carbocycles. The third-order valence-electron chi connectivity index (χ3n) is 6.80. The summed E-state index contributed by atoms with van der Waals surface area (Å²) >= 11 is 0. The second kappa shape index (κ2) is 10.0. The van der Waals surface area contributed by atoms with Gasteiger partial charge >= 0.3 is 5.97 Å². The normalized spacial score (nSPS) is 31.5. The molecule has 0 aromatic carbocycles. The van der Waals surface area contributed by atoms with Crippen LogP contribution in [0.15, 0.2) is 12.2 Å². The van der Waals surface area contributed by atoms with Crippen molar-refractivity contribution in [3.63, 3.8) is 0 Å². The van der Waals surface area contributed by atoms with Crippen LogP contribution in [-0.2, 0) is 9.59 Å². The molecule has 0 amide bonds. The van der Waals surface area contributed by atoms with Crippen molar-refractivity contribution in [3.05, 3.63) is 12.2 Å². The van der Waals surface area contributed by atoms with Crippen LogP contribution in [0.2, 0.25) is 0 Å². The molecule has 3 N–H and O–H groups in total. The van der Waals surface area contributed by atoms with E-state index in [-0.39, 0.29) is 35.4 Å². The number of rotatable bonds is 12. The molecule has 0 bridgehead atoms. The maximum absolute atomic E-state index is 12.3. The molecule has 2 rings (SSSR count). The Hall–Kier alpha value is -1.20. The Morgan fingerprint density at radius 3 is 2.54 bits per heavy atom. The molecule has 5 heteroatoms. The second-order valence-electron chi connectivity index (χ2n) is 9.57. The van der Waals surface area contributed by atoms with Gasteiger partial charge in [0.2, 0.25) is 0 Å². The SMILES string of the molecule is CCCCC(C)(C)[C@H](O)C=C[C@H]1[C@H](O)CC(=O)[C@@H]1CCCC[C@@H]1C[C@H]1C(=O)O. The van der Waals surface area contributed by atoms with E-state index in [0.717, 1.165) is 51.4 Å². The van der Waals surface area contributed by atoms with E-state index < -0.39 is 18.2 Å². The van der Waals surface area contributed by atoms with Crippen LogP contribution in [0.5, 0.6) is 0 Å². The highest BCUT2D eigenvalue weighted by Crippen LogP contribution is 2.43. The molecule has 0 radical (unpaired) electrons. The molecule has 2 fully saturated rings. The van der Waals surface area contributed by atoms with Gasteiger partial charge in [0.15, 0.2) is 0 Å². The van der Waals surface area contributed by atoms with Crippen LogP contribution in [0, 0.1) is 29.1 Å². The summed E-state index contributed by atoms with van der Waals surface area (Å²) in [5.74, 6) is -0.855. The Kier molecular flexibility index (Phi) is 8.26. The van der Waals surface area contributed by atoms with Crippen molar-refractivity contribution in [2.24, 2.45) is 29.1 Å². The smallest absolute Gasteiger partial charge is 0.306 e. The summed E-state index contributed by atoms with van der Waals surface area (Å²) in [6.45, 7) is 6.23. The molecular weight excluding hydrogens is 356 g/mol. The lowest BCUT2D eigenvalue weighted by Gasteiger charge is -2.29. The molecule has 0 heterocycles. The standard InChI is InChI=1S/C23H38O5/c1-4-5-12-23(2,3)21(26)11-10-17-16(19(24)14-20(17)25)9-7-6-8-15-13-18(15)22(27)28/h10-11,15-18,20-21,25-26H,4-9,12-14H2,1-3H3,(H,27,28)/t15-,16-,17-,18-,20-,21-/m1/s1. The molecule has 28 heavy (non-hydrogen) atoms. The van der Waals surface area contributed by atoms with E-state index in [1.807, 2.05) is 19.9 Å². The van der Waals surface area contributed by atoms with Gasteiger partial charge in [-0.05, 0) is 37.0 Å². The first-order valence-electron chi connectivity index (χ1n) is 11.0. The first-order valence-corrected chi connectivity index (χ1v) is 11.0. The number of aliphatic hydroxyl groups excluding tert-OH is 2. The van der Waals surface area contributed by atoms with Crippen molar-refractivity contribution < 1.29 is 24.9 Å². The van der Waals surface area contributed by atoms with Crippen LogP contribution in [0.3, 0.4) is 0 Å². The average Bonchev–Trinajstić information content (AvgIpc) is 3.35. The van der Waals surface area contributed by atoms with E-state index in [9.17, 15) is 19.8 Å². The number of carboxylic acid groups (broad SMARTS) is 1. The first kappa shape index (κ1) is 23.1. The summed E-state index contributed by atoms with van der Waals surface area (Å²) < 4.78 is 0. The summed E-state index contributed by atoms with van der Waals surface area (Å²) in [6, 6.07) is 0. The minimum absolute atomic E-state index is 0.108. The number of Topliss-reactive ketones (excluding diaryl/α,β-unsaturated/α-hetero) is 1. The molecule has 160 valence electrons. The fourth-order valence-corrected chi connectivity index (χ4v) is 4.51. The van der Waals surface area contributed by atoms with Gasteiger partial charge in [-0.15, -0.1) is 0 Å². The van der Waals surface area contributed by atoms with E-state index in [1.165, 1.54) is 0 Å². The Morgan fingerprint density at radius 2 is 1.93 bits per heavy atom. The maximum Gasteiger partial charge on any atom is 0.306 e. The maximum atomic E-state index is 12.3. The van der Waals surface area contributed by atoms with Gasteiger partial charge < -0.3 is 15.3 Å². The topological polar surface area (TPSA) is 94.8 Å². The average molecular weight is 395 g/mol. The summed E-state index contributed by atoms with van der Waals surface area (Å²) in [7, 11) is 0. The summed E-state index contributed by atoms with van der Waals surface area (Å²) in [4.78, 5) is 23.2. The zero-order chi connectivity index (χ0) is 20.9. The number of hydrogen-bond acceptors (Lipinski definition) is 4. The third kappa shape index (κ3) is 6.15. The molecule has 0 saturated heterocycles. The monoisotopic (exact) mass is 394 g/mol. The predicted molar refractivity (Wildman–Crippen MR) is 109 cm³/mol. The van der Waals surface area contributed by atoms with Crippen LogP contribution in [0.4, 0.5) is 0 Å². The van der Waals surface area contributed by atoms with Crippen LogP contribution in [0.25, 0.3) is 0 Å². The summed E-state index contributed by atoms with van der Waals surface area (Å²) in [5.41, 5.74) is -0.222. The number of hydrogen-bond donors (Lipinski definition) is 3. The Balaban J connectivity index is 1.83. The van der Waals surface area contributed by atoms with Gasteiger partial charge in [-0.25, -0.2) is 0 Å². The molecule has 0 spiro atoms. The highest BCUT2D eigenvalue weighted by atomic mass is 16.4. The van der Waals surface area contributed by atoms with Crippen molar-refractivity contribution in [2.45, 2.75) is 90.8 Å².